The third-order valence-corrected chi connectivity index (χ3v) is 3.89. The number of ketones is 1. The summed E-state index contributed by atoms with van der Waals surface area (Å²) in [5, 5.41) is 0. The Morgan fingerprint density at radius 1 is 1.14 bits per heavy atom. The number of benzene rings is 1. The van der Waals surface area contributed by atoms with Crippen molar-refractivity contribution < 1.29 is 18.7 Å². The van der Waals surface area contributed by atoms with E-state index in [1.807, 2.05) is 20.8 Å². The van der Waals surface area contributed by atoms with Gasteiger partial charge in [-0.25, -0.2) is 4.39 Å². The number of hydrogen-bond acceptors (Lipinski definition) is 3. The molecule has 0 unspecified atom stereocenters. The predicted octanol–water partition coefficient (Wildman–Crippen LogP) is 3.41. The van der Waals surface area contributed by atoms with Crippen LogP contribution in [0.15, 0.2) is 24.3 Å². The fraction of sp³-hybridized carbons (Fsp3) is 0.529. The second-order valence-corrected chi connectivity index (χ2v) is 5.75. The monoisotopic (exact) mass is 294 g/mol. The highest BCUT2D eigenvalue weighted by Crippen LogP contribution is 2.20. The molecule has 0 N–H and O–H groups in total. The van der Waals surface area contributed by atoms with Crippen molar-refractivity contribution in [1.29, 1.82) is 0 Å². The van der Waals surface area contributed by atoms with Gasteiger partial charge in [-0.2, -0.15) is 0 Å². The van der Waals surface area contributed by atoms with E-state index in [1.165, 1.54) is 19.2 Å². The smallest absolute Gasteiger partial charge is 0.309 e. The Labute approximate surface area is 125 Å². The van der Waals surface area contributed by atoms with Gasteiger partial charge >= 0.3 is 5.97 Å². The van der Waals surface area contributed by atoms with E-state index >= 15 is 0 Å². The van der Waals surface area contributed by atoms with Crippen molar-refractivity contribution in [2.75, 3.05) is 7.11 Å². The lowest BCUT2D eigenvalue weighted by Gasteiger charge is -2.19. The van der Waals surface area contributed by atoms with E-state index in [-0.39, 0.29) is 29.9 Å². The highest BCUT2D eigenvalue weighted by molar-refractivity contribution is 5.86. The Bertz CT molecular complexity index is 479. The fourth-order valence-electron chi connectivity index (χ4n) is 2.11. The zero-order valence-corrected chi connectivity index (χ0v) is 13.1. The van der Waals surface area contributed by atoms with Gasteiger partial charge in [0.25, 0.3) is 0 Å². The molecule has 21 heavy (non-hydrogen) atoms. The molecule has 0 saturated heterocycles. The van der Waals surface area contributed by atoms with Crippen LogP contribution < -0.4 is 0 Å². The number of carbonyl (C=O) groups excluding carboxylic acids is 2. The van der Waals surface area contributed by atoms with Crippen LogP contribution >= 0.6 is 0 Å². The maximum absolute atomic E-state index is 12.9. The molecular formula is C17H23FO3. The molecule has 1 aromatic rings. The average Bonchev–Trinajstić information content (AvgIpc) is 2.46. The second-order valence-electron chi connectivity index (χ2n) is 5.75. The molecule has 0 aromatic heterocycles. The Balaban J connectivity index is 2.79. The van der Waals surface area contributed by atoms with Crippen LogP contribution in [0.1, 0.15) is 32.8 Å². The van der Waals surface area contributed by atoms with E-state index in [1.54, 1.807) is 12.1 Å². The highest BCUT2D eigenvalue weighted by atomic mass is 19.1. The average molecular weight is 294 g/mol. The molecule has 0 aliphatic rings. The van der Waals surface area contributed by atoms with Crippen molar-refractivity contribution in [2.45, 2.75) is 33.6 Å². The molecular weight excluding hydrogens is 271 g/mol. The molecule has 4 heteroatoms. The van der Waals surface area contributed by atoms with Crippen molar-refractivity contribution >= 4 is 11.8 Å². The minimum absolute atomic E-state index is 0.0579. The van der Waals surface area contributed by atoms with Crippen LogP contribution in [0.4, 0.5) is 4.39 Å². The molecule has 1 rings (SSSR count). The SMILES string of the molecule is COC(=O)[C@@H](CC(=O)[C@@H](C)C(C)C)Cc1ccc(F)cc1. The summed E-state index contributed by atoms with van der Waals surface area (Å²) >= 11 is 0. The molecule has 0 bridgehead atoms. The first-order valence-corrected chi connectivity index (χ1v) is 7.20. The summed E-state index contributed by atoms with van der Waals surface area (Å²) in [7, 11) is 1.32. The zero-order chi connectivity index (χ0) is 16.0. The van der Waals surface area contributed by atoms with E-state index < -0.39 is 11.9 Å². The van der Waals surface area contributed by atoms with Crippen LogP contribution in [0.5, 0.6) is 0 Å². The molecule has 0 fully saturated rings. The molecule has 0 aliphatic heterocycles. The van der Waals surface area contributed by atoms with Gasteiger partial charge in [-0.15, -0.1) is 0 Å². The molecule has 2 atom stereocenters. The number of carbonyl (C=O) groups is 2. The largest absolute Gasteiger partial charge is 0.469 e. The van der Waals surface area contributed by atoms with Gasteiger partial charge in [0, 0.05) is 12.3 Å². The topological polar surface area (TPSA) is 43.4 Å². The van der Waals surface area contributed by atoms with Crippen LogP contribution in [0.2, 0.25) is 0 Å². The van der Waals surface area contributed by atoms with E-state index in [0.717, 1.165) is 5.56 Å². The molecule has 0 radical (unpaired) electrons. The number of methoxy groups -OCH3 is 1. The number of Topliss-reactive ketones (excluding diaryl/α,β-unsaturated/α-hetero) is 1. The normalized spacial score (nSPS) is 13.8. The standard InChI is InChI=1S/C17H23FO3/c1-11(2)12(3)16(19)10-14(17(20)21-4)9-13-5-7-15(18)8-6-13/h5-8,11-12,14H,9-10H2,1-4H3/t12-,14+/m0/s1. The van der Waals surface area contributed by atoms with Crippen molar-refractivity contribution in [3.63, 3.8) is 0 Å². The second kappa shape index (κ2) is 7.91. The first-order valence-electron chi connectivity index (χ1n) is 7.20. The lowest BCUT2D eigenvalue weighted by molar-refractivity contribution is -0.147. The number of halogens is 1. The molecule has 0 aliphatic carbocycles. The maximum atomic E-state index is 12.9. The summed E-state index contributed by atoms with van der Waals surface area (Å²) in [4.78, 5) is 24.1. The molecule has 1 aromatic carbocycles. The zero-order valence-electron chi connectivity index (χ0n) is 13.1. The molecule has 116 valence electrons. The van der Waals surface area contributed by atoms with Crippen LogP contribution in [0.25, 0.3) is 0 Å². The quantitative estimate of drug-likeness (QED) is 0.724. The van der Waals surface area contributed by atoms with Crippen molar-refractivity contribution in [2.24, 2.45) is 17.8 Å². The van der Waals surface area contributed by atoms with Gasteiger partial charge in [0.2, 0.25) is 0 Å². The highest BCUT2D eigenvalue weighted by Gasteiger charge is 2.26. The van der Waals surface area contributed by atoms with Gasteiger partial charge in [0.05, 0.1) is 13.0 Å². The van der Waals surface area contributed by atoms with Gasteiger partial charge in [-0.1, -0.05) is 32.9 Å². The predicted molar refractivity (Wildman–Crippen MR) is 79.2 cm³/mol. The Hall–Kier alpha value is -1.71. The van der Waals surface area contributed by atoms with Gasteiger partial charge in [-0.3, -0.25) is 9.59 Å². The van der Waals surface area contributed by atoms with E-state index in [9.17, 15) is 14.0 Å². The third-order valence-electron chi connectivity index (χ3n) is 3.89. The van der Waals surface area contributed by atoms with Crippen molar-refractivity contribution in [3.05, 3.63) is 35.6 Å². The molecule has 0 heterocycles. The first-order chi connectivity index (χ1) is 9.85. The third kappa shape index (κ3) is 5.29. The van der Waals surface area contributed by atoms with E-state index in [2.05, 4.69) is 0 Å². The van der Waals surface area contributed by atoms with E-state index in [4.69, 9.17) is 4.74 Å². The van der Waals surface area contributed by atoms with Gasteiger partial charge in [-0.05, 0) is 30.0 Å². The fourth-order valence-corrected chi connectivity index (χ4v) is 2.11. The summed E-state index contributed by atoms with van der Waals surface area (Å²) in [6.07, 6.45) is 0.535. The summed E-state index contributed by atoms with van der Waals surface area (Å²) in [5.74, 6) is -1.04. The van der Waals surface area contributed by atoms with Crippen molar-refractivity contribution in [3.8, 4) is 0 Å². The van der Waals surface area contributed by atoms with Crippen LogP contribution in [0, 0.1) is 23.6 Å². The molecule has 3 nitrogen and oxygen atoms in total. The maximum Gasteiger partial charge on any atom is 0.309 e. The van der Waals surface area contributed by atoms with Crippen LogP contribution in [-0.2, 0) is 20.7 Å². The summed E-state index contributed by atoms with van der Waals surface area (Å²) < 4.78 is 17.7. The Morgan fingerprint density at radius 2 is 1.71 bits per heavy atom. The molecule has 0 spiro atoms. The van der Waals surface area contributed by atoms with E-state index in [0.29, 0.717) is 6.42 Å². The van der Waals surface area contributed by atoms with Gasteiger partial charge in [0.15, 0.2) is 0 Å². The lowest BCUT2D eigenvalue weighted by atomic mass is 9.86. The Morgan fingerprint density at radius 3 is 2.19 bits per heavy atom. The summed E-state index contributed by atoms with van der Waals surface area (Å²) in [6.45, 7) is 5.84. The Kier molecular flexibility index (Phi) is 6.53. The number of rotatable bonds is 7. The number of hydrogen-bond donors (Lipinski definition) is 0. The van der Waals surface area contributed by atoms with Gasteiger partial charge < -0.3 is 4.74 Å². The van der Waals surface area contributed by atoms with Crippen LogP contribution in [-0.4, -0.2) is 18.9 Å². The first kappa shape index (κ1) is 17.3. The lowest BCUT2D eigenvalue weighted by Crippen LogP contribution is -2.26. The minimum atomic E-state index is -0.519. The summed E-state index contributed by atoms with van der Waals surface area (Å²) in [5.41, 5.74) is 0.816. The number of ether oxygens (including phenoxy) is 1. The molecule has 0 amide bonds. The van der Waals surface area contributed by atoms with Crippen LogP contribution in [0.3, 0.4) is 0 Å². The minimum Gasteiger partial charge on any atom is -0.469 e. The van der Waals surface area contributed by atoms with Gasteiger partial charge in [0.1, 0.15) is 11.6 Å². The van der Waals surface area contributed by atoms with Crippen molar-refractivity contribution in [1.82, 2.24) is 0 Å². The molecule has 0 saturated carbocycles. The number of esters is 1. The summed E-state index contributed by atoms with van der Waals surface area (Å²) in [6, 6.07) is 5.95.